The second-order valence-corrected chi connectivity index (χ2v) is 4.68. The van der Waals surface area contributed by atoms with Crippen LogP contribution in [-0.2, 0) is 4.74 Å². The predicted molar refractivity (Wildman–Crippen MR) is 67.1 cm³/mol. The summed E-state index contributed by atoms with van der Waals surface area (Å²) in [6.07, 6.45) is 4.18. The number of aryl methyl sites for hydroxylation is 1. The lowest BCUT2D eigenvalue weighted by molar-refractivity contribution is 0.0796. The van der Waals surface area contributed by atoms with Gasteiger partial charge in [0.2, 0.25) is 0 Å². The molecule has 1 aliphatic rings. The van der Waals surface area contributed by atoms with Crippen LogP contribution in [0.5, 0.6) is 0 Å². The summed E-state index contributed by atoms with van der Waals surface area (Å²) >= 11 is 0. The molecule has 2 aromatic heterocycles. The second-order valence-electron chi connectivity index (χ2n) is 4.68. The number of aromatic nitrogens is 2. The molecule has 90 valence electrons. The van der Waals surface area contributed by atoms with Crippen LogP contribution in [0, 0.1) is 6.92 Å². The fraction of sp³-hybridized carbons (Fsp3) is 0.462. The molecule has 0 bridgehead atoms. The summed E-state index contributed by atoms with van der Waals surface area (Å²) in [5, 5.41) is 0. The maximum absolute atomic E-state index is 6.18. The standard InChI is InChI=1S/C13H17N3O/c1-9-4-2-6-16-12(14)11(15-13(9)16)10-5-3-7-17-8-10/h2,4,6,10H,3,5,7-8,14H2,1H3. The van der Waals surface area contributed by atoms with Gasteiger partial charge in [-0.1, -0.05) is 6.07 Å². The normalized spacial score (nSPS) is 20.9. The maximum atomic E-state index is 6.18. The Morgan fingerprint density at radius 1 is 1.53 bits per heavy atom. The molecule has 0 spiro atoms. The number of hydrogen-bond donors (Lipinski definition) is 1. The van der Waals surface area contributed by atoms with Gasteiger partial charge in [0.05, 0.1) is 12.3 Å². The number of ether oxygens (including phenoxy) is 1. The lowest BCUT2D eigenvalue weighted by atomic mass is 9.99. The van der Waals surface area contributed by atoms with E-state index in [1.54, 1.807) is 0 Å². The van der Waals surface area contributed by atoms with Gasteiger partial charge in [0.15, 0.2) is 0 Å². The molecule has 0 saturated carbocycles. The van der Waals surface area contributed by atoms with Gasteiger partial charge in [-0.2, -0.15) is 0 Å². The molecule has 0 aromatic carbocycles. The Morgan fingerprint density at radius 3 is 3.12 bits per heavy atom. The number of nitrogen functional groups attached to an aromatic ring is 1. The van der Waals surface area contributed by atoms with Gasteiger partial charge in [0.1, 0.15) is 11.5 Å². The van der Waals surface area contributed by atoms with Crippen LogP contribution >= 0.6 is 0 Å². The lowest BCUT2D eigenvalue weighted by Gasteiger charge is -2.20. The van der Waals surface area contributed by atoms with E-state index in [1.165, 1.54) is 0 Å². The van der Waals surface area contributed by atoms with Gasteiger partial charge in [-0.05, 0) is 31.4 Å². The number of pyridine rings is 1. The molecule has 1 saturated heterocycles. The molecule has 3 rings (SSSR count). The van der Waals surface area contributed by atoms with Crippen molar-refractivity contribution in [2.24, 2.45) is 0 Å². The van der Waals surface area contributed by atoms with Crippen LogP contribution in [0.4, 0.5) is 5.82 Å². The molecule has 1 aliphatic heterocycles. The fourth-order valence-corrected chi connectivity index (χ4v) is 2.50. The van der Waals surface area contributed by atoms with Crippen molar-refractivity contribution in [3.63, 3.8) is 0 Å². The zero-order valence-electron chi connectivity index (χ0n) is 10.0. The summed E-state index contributed by atoms with van der Waals surface area (Å²) in [6.45, 7) is 3.67. The van der Waals surface area contributed by atoms with Crippen molar-refractivity contribution >= 4 is 11.5 Å². The highest BCUT2D eigenvalue weighted by Gasteiger charge is 2.22. The Balaban J connectivity index is 2.10. The van der Waals surface area contributed by atoms with E-state index in [1.807, 2.05) is 16.7 Å². The summed E-state index contributed by atoms with van der Waals surface area (Å²) in [5.41, 5.74) is 9.30. The first-order valence-corrected chi connectivity index (χ1v) is 6.08. The Morgan fingerprint density at radius 2 is 2.41 bits per heavy atom. The van der Waals surface area contributed by atoms with Crippen molar-refractivity contribution in [3.8, 4) is 0 Å². The highest BCUT2D eigenvalue weighted by Crippen LogP contribution is 2.30. The average molecular weight is 231 g/mol. The Labute approximate surface area is 100 Å². The smallest absolute Gasteiger partial charge is 0.141 e. The van der Waals surface area contributed by atoms with Crippen LogP contribution in [0.2, 0.25) is 0 Å². The highest BCUT2D eigenvalue weighted by atomic mass is 16.5. The summed E-state index contributed by atoms with van der Waals surface area (Å²) in [6, 6.07) is 4.06. The molecular formula is C13H17N3O. The third kappa shape index (κ3) is 1.69. The fourth-order valence-electron chi connectivity index (χ4n) is 2.50. The molecule has 4 nitrogen and oxygen atoms in total. The van der Waals surface area contributed by atoms with Crippen LogP contribution in [0.1, 0.15) is 30.0 Å². The molecule has 1 unspecified atom stereocenters. The number of hydrogen-bond acceptors (Lipinski definition) is 3. The maximum Gasteiger partial charge on any atom is 0.141 e. The Bertz CT molecular complexity index is 541. The van der Waals surface area contributed by atoms with Crippen molar-refractivity contribution in [1.29, 1.82) is 0 Å². The zero-order chi connectivity index (χ0) is 11.8. The Hall–Kier alpha value is -1.55. The van der Waals surface area contributed by atoms with E-state index in [4.69, 9.17) is 15.5 Å². The summed E-state index contributed by atoms with van der Waals surface area (Å²) in [4.78, 5) is 4.69. The summed E-state index contributed by atoms with van der Waals surface area (Å²) in [7, 11) is 0. The lowest BCUT2D eigenvalue weighted by Crippen LogP contribution is -2.17. The number of nitrogens with zero attached hydrogens (tertiary/aromatic N) is 2. The first-order valence-electron chi connectivity index (χ1n) is 6.08. The number of anilines is 1. The minimum absolute atomic E-state index is 0.350. The second kappa shape index (κ2) is 4.04. The van der Waals surface area contributed by atoms with Gasteiger partial charge in [-0.15, -0.1) is 0 Å². The molecule has 2 aromatic rings. The topological polar surface area (TPSA) is 52.5 Å². The van der Waals surface area contributed by atoms with E-state index in [0.717, 1.165) is 48.8 Å². The van der Waals surface area contributed by atoms with Crippen LogP contribution in [0.25, 0.3) is 5.65 Å². The van der Waals surface area contributed by atoms with Gasteiger partial charge in [0, 0.05) is 18.7 Å². The van der Waals surface area contributed by atoms with Crippen molar-refractivity contribution in [2.45, 2.75) is 25.7 Å². The van der Waals surface area contributed by atoms with E-state index in [-0.39, 0.29) is 0 Å². The van der Waals surface area contributed by atoms with Crippen molar-refractivity contribution in [2.75, 3.05) is 18.9 Å². The van der Waals surface area contributed by atoms with Gasteiger partial charge in [-0.3, -0.25) is 4.40 Å². The molecule has 0 aliphatic carbocycles. The van der Waals surface area contributed by atoms with Crippen LogP contribution < -0.4 is 5.73 Å². The van der Waals surface area contributed by atoms with E-state index < -0.39 is 0 Å². The van der Waals surface area contributed by atoms with E-state index in [0.29, 0.717) is 5.92 Å². The van der Waals surface area contributed by atoms with E-state index in [2.05, 4.69) is 13.0 Å². The van der Waals surface area contributed by atoms with Gasteiger partial charge >= 0.3 is 0 Å². The first kappa shape index (κ1) is 10.6. The highest BCUT2D eigenvalue weighted by molar-refractivity contribution is 5.57. The molecule has 0 amide bonds. The molecular weight excluding hydrogens is 214 g/mol. The van der Waals surface area contributed by atoms with Crippen LogP contribution in [-0.4, -0.2) is 22.6 Å². The molecule has 3 heterocycles. The predicted octanol–water partition coefficient (Wildman–Crippen LogP) is 2.12. The zero-order valence-corrected chi connectivity index (χ0v) is 10.0. The molecule has 1 atom stereocenters. The van der Waals surface area contributed by atoms with Crippen molar-refractivity contribution in [3.05, 3.63) is 29.6 Å². The SMILES string of the molecule is Cc1cccn2c(N)c(C3CCCOC3)nc12. The third-order valence-electron chi connectivity index (χ3n) is 3.46. The van der Waals surface area contributed by atoms with Gasteiger partial charge < -0.3 is 10.5 Å². The number of imidazole rings is 1. The monoisotopic (exact) mass is 231 g/mol. The first-order chi connectivity index (χ1) is 8.27. The van der Waals surface area contributed by atoms with Crippen molar-refractivity contribution in [1.82, 2.24) is 9.38 Å². The van der Waals surface area contributed by atoms with Crippen LogP contribution in [0.3, 0.4) is 0 Å². The van der Waals surface area contributed by atoms with Crippen molar-refractivity contribution < 1.29 is 4.74 Å². The number of fused-ring (bicyclic) bond motifs is 1. The third-order valence-corrected chi connectivity index (χ3v) is 3.46. The summed E-state index contributed by atoms with van der Waals surface area (Å²) < 4.78 is 7.48. The molecule has 4 heteroatoms. The largest absolute Gasteiger partial charge is 0.383 e. The number of nitrogens with two attached hydrogens (primary N) is 1. The Kier molecular flexibility index (Phi) is 2.52. The molecule has 0 radical (unpaired) electrons. The van der Waals surface area contributed by atoms with E-state index >= 15 is 0 Å². The van der Waals surface area contributed by atoms with Crippen LogP contribution in [0.15, 0.2) is 18.3 Å². The molecule has 2 N–H and O–H groups in total. The minimum atomic E-state index is 0.350. The van der Waals surface area contributed by atoms with Gasteiger partial charge in [-0.25, -0.2) is 4.98 Å². The molecule has 1 fully saturated rings. The number of rotatable bonds is 1. The molecule has 17 heavy (non-hydrogen) atoms. The van der Waals surface area contributed by atoms with E-state index in [9.17, 15) is 0 Å². The van der Waals surface area contributed by atoms with Gasteiger partial charge in [0.25, 0.3) is 0 Å². The quantitative estimate of drug-likeness (QED) is 0.818. The minimum Gasteiger partial charge on any atom is -0.383 e. The average Bonchev–Trinajstić information content (AvgIpc) is 2.70. The summed E-state index contributed by atoms with van der Waals surface area (Å²) in [5.74, 6) is 1.11.